The minimum absolute atomic E-state index is 0.0523. The topological polar surface area (TPSA) is 81.8 Å². The van der Waals surface area contributed by atoms with Gasteiger partial charge in [-0.2, -0.15) is 0 Å². The smallest absolute Gasteiger partial charge is 0.318 e. The maximum atomic E-state index is 13.5. The molecule has 2 aliphatic rings. The van der Waals surface area contributed by atoms with Gasteiger partial charge in [0.05, 0.1) is 0 Å². The Kier molecular flexibility index (Phi) is 13.2. The zero-order valence-electron chi connectivity index (χ0n) is 23.2. The molecule has 38 heavy (non-hydrogen) atoms. The fourth-order valence-electron chi connectivity index (χ4n) is 5.58. The van der Waals surface area contributed by atoms with Gasteiger partial charge in [-0.1, -0.05) is 88.4 Å². The summed E-state index contributed by atoms with van der Waals surface area (Å²) in [5.41, 5.74) is 0.948. The largest absolute Gasteiger partial charge is 0.354 e. The van der Waals surface area contributed by atoms with Crippen LogP contribution < -0.4 is 10.6 Å². The van der Waals surface area contributed by atoms with Gasteiger partial charge in [-0.3, -0.25) is 9.59 Å². The van der Waals surface area contributed by atoms with Gasteiger partial charge in [-0.15, -0.1) is 0 Å². The molecule has 2 N–H and O–H groups in total. The first-order chi connectivity index (χ1) is 18.5. The molecule has 4 amide bonds. The first-order valence-electron chi connectivity index (χ1n) is 14.9. The number of nitrogens with one attached hydrogen (secondary N) is 2. The van der Waals surface area contributed by atoms with Gasteiger partial charge in [0.15, 0.2) is 0 Å². The number of carbonyl (C=O) groups excluding carboxylic acids is 3. The molecule has 2 heterocycles. The molecular weight excluding hydrogens is 500 g/mol. The van der Waals surface area contributed by atoms with Crippen LogP contribution in [0, 0.1) is 0 Å². The van der Waals surface area contributed by atoms with Crippen molar-refractivity contribution in [2.24, 2.45) is 0 Å². The Labute approximate surface area is 234 Å². The minimum atomic E-state index is -0.504. The summed E-state index contributed by atoms with van der Waals surface area (Å²) in [6.07, 6.45) is 15.5. The summed E-state index contributed by atoms with van der Waals surface area (Å²) in [7, 11) is 0. The molecule has 0 saturated carbocycles. The lowest BCUT2D eigenvalue weighted by atomic mass is 10.1. The van der Waals surface area contributed by atoms with E-state index in [0.717, 1.165) is 31.2 Å². The summed E-state index contributed by atoms with van der Waals surface area (Å²) in [5, 5.41) is 6.64. The first-order valence-corrected chi connectivity index (χ1v) is 15.3. The molecule has 2 saturated heterocycles. The second kappa shape index (κ2) is 16.6. The molecule has 8 heteroatoms. The summed E-state index contributed by atoms with van der Waals surface area (Å²) in [6.45, 7) is 4.41. The lowest BCUT2D eigenvalue weighted by Gasteiger charge is -2.31. The Hall–Kier alpha value is -2.28. The average Bonchev–Trinajstić information content (AvgIpc) is 3.61. The molecule has 212 valence electrons. The number of benzene rings is 1. The van der Waals surface area contributed by atoms with Crippen LogP contribution >= 0.6 is 11.6 Å². The fourth-order valence-corrected chi connectivity index (χ4v) is 5.71. The predicted octanol–water partition coefficient (Wildman–Crippen LogP) is 6.04. The molecule has 0 aromatic heterocycles. The second-order valence-electron chi connectivity index (χ2n) is 10.8. The van der Waals surface area contributed by atoms with Crippen LogP contribution in [0.25, 0.3) is 0 Å². The van der Waals surface area contributed by atoms with Gasteiger partial charge in [0.2, 0.25) is 11.8 Å². The summed E-state index contributed by atoms with van der Waals surface area (Å²) >= 11 is 5.94. The zero-order chi connectivity index (χ0) is 27.2. The number of hydrogen-bond donors (Lipinski definition) is 2. The van der Waals surface area contributed by atoms with E-state index in [1.807, 2.05) is 12.1 Å². The lowest BCUT2D eigenvalue weighted by molar-refractivity contribution is -0.141. The molecule has 1 aromatic carbocycles. The Balaban J connectivity index is 1.37. The first kappa shape index (κ1) is 30.3. The Bertz CT molecular complexity index is 879. The number of unbranched alkanes of at least 4 members (excludes halogenated alkanes) is 9. The molecule has 2 aliphatic heterocycles. The van der Waals surface area contributed by atoms with Crippen LogP contribution in [0.1, 0.15) is 102 Å². The number of hydrogen-bond acceptors (Lipinski definition) is 3. The van der Waals surface area contributed by atoms with Crippen LogP contribution in [0.4, 0.5) is 4.79 Å². The van der Waals surface area contributed by atoms with E-state index in [-0.39, 0.29) is 17.8 Å². The van der Waals surface area contributed by atoms with E-state index >= 15 is 0 Å². The summed E-state index contributed by atoms with van der Waals surface area (Å²) in [5.74, 6) is -0.149. The van der Waals surface area contributed by atoms with Crippen molar-refractivity contribution in [1.82, 2.24) is 20.4 Å². The van der Waals surface area contributed by atoms with Crippen LogP contribution in [0.3, 0.4) is 0 Å². The molecule has 0 aliphatic carbocycles. The molecule has 1 aromatic rings. The number of halogens is 1. The van der Waals surface area contributed by atoms with Gasteiger partial charge >= 0.3 is 6.03 Å². The summed E-state index contributed by atoms with van der Waals surface area (Å²) < 4.78 is 0. The third kappa shape index (κ3) is 9.48. The Morgan fingerprint density at radius 1 is 0.789 bits per heavy atom. The van der Waals surface area contributed by atoms with E-state index in [1.54, 1.807) is 21.9 Å². The van der Waals surface area contributed by atoms with Crippen LogP contribution in [-0.4, -0.2) is 59.4 Å². The quantitative estimate of drug-likeness (QED) is 0.263. The third-order valence-corrected chi connectivity index (χ3v) is 8.08. The number of rotatable bonds is 15. The normalized spacial score (nSPS) is 19.1. The zero-order valence-corrected chi connectivity index (χ0v) is 23.9. The molecule has 0 radical (unpaired) electrons. The monoisotopic (exact) mass is 546 g/mol. The molecule has 2 unspecified atom stereocenters. The molecule has 2 atom stereocenters. The number of amides is 4. The van der Waals surface area contributed by atoms with Crippen molar-refractivity contribution in [3.8, 4) is 0 Å². The third-order valence-electron chi connectivity index (χ3n) is 7.82. The highest BCUT2D eigenvalue weighted by Gasteiger charge is 2.42. The minimum Gasteiger partial charge on any atom is -0.354 e. The van der Waals surface area contributed by atoms with Crippen molar-refractivity contribution < 1.29 is 14.4 Å². The molecular formula is C30H47ClN4O3. The van der Waals surface area contributed by atoms with Gasteiger partial charge < -0.3 is 20.4 Å². The second-order valence-corrected chi connectivity index (χ2v) is 11.2. The van der Waals surface area contributed by atoms with E-state index in [4.69, 9.17) is 11.6 Å². The number of carbonyl (C=O) groups is 3. The van der Waals surface area contributed by atoms with Crippen molar-refractivity contribution >= 4 is 29.4 Å². The molecule has 3 rings (SSSR count). The number of urea groups is 1. The van der Waals surface area contributed by atoms with Crippen molar-refractivity contribution in [2.45, 2.75) is 115 Å². The average molecular weight is 547 g/mol. The van der Waals surface area contributed by atoms with Crippen LogP contribution in [0.15, 0.2) is 24.3 Å². The van der Waals surface area contributed by atoms with E-state index in [0.29, 0.717) is 44.0 Å². The lowest BCUT2D eigenvalue weighted by Crippen LogP contribution is -2.54. The fraction of sp³-hybridized carbons (Fsp3) is 0.700. The van der Waals surface area contributed by atoms with Crippen molar-refractivity contribution in [1.29, 1.82) is 0 Å². The van der Waals surface area contributed by atoms with Gasteiger partial charge in [-0.05, 0) is 49.8 Å². The van der Waals surface area contributed by atoms with Crippen molar-refractivity contribution in [3.05, 3.63) is 34.9 Å². The van der Waals surface area contributed by atoms with Crippen LogP contribution in [-0.2, 0) is 16.1 Å². The predicted molar refractivity (Wildman–Crippen MR) is 153 cm³/mol. The van der Waals surface area contributed by atoms with Crippen LogP contribution in [0.5, 0.6) is 0 Å². The van der Waals surface area contributed by atoms with E-state index < -0.39 is 12.1 Å². The summed E-state index contributed by atoms with van der Waals surface area (Å²) in [4.78, 5) is 42.6. The molecule has 2 fully saturated rings. The molecule has 0 spiro atoms. The Morgan fingerprint density at radius 3 is 2.03 bits per heavy atom. The molecule has 7 nitrogen and oxygen atoms in total. The van der Waals surface area contributed by atoms with Crippen molar-refractivity contribution in [2.75, 3.05) is 19.6 Å². The van der Waals surface area contributed by atoms with Gasteiger partial charge in [0.1, 0.15) is 12.1 Å². The highest BCUT2D eigenvalue weighted by atomic mass is 35.5. The van der Waals surface area contributed by atoms with E-state index in [9.17, 15) is 14.4 Å². The van der Waals surface area contributed by atoms with E-state index in [1.165, 1.54) is 51.4 Å². The standard InChI is InChI=1S/C30H47ClN4O3/c1-2-3-4-5-6-7-8-9-10-11-20-32-28(36)26-14-12-21-34(26)29(37)27-15-13-22-35(27)30(38)33-23-24-16-18-25(31)19-17-24/h16-19,26-27H,2-15,20-23H2,1H3,(H,32,36)(H,33,38). The van der Waals surface area contributed by atoms with Gasteiger partial charge in [0, 0.05) is 31.2 Å². The Morgan fingerprint density at radius 2 is 1.37 bits per heavy atom. The van der Waals surface area contributed by atoms with Crippen LogP contribution in [0.2, 0.25) is 5.02 Å². The SMILES string of the molecule is CCCCCCCCCCCCNC(=O)C1CCCN1C(=O)C1CCCN1C(=O)NCc1ccc(Cl)cc1. The molecule has 0 bridgehead atoms. The van der Waals surface area contributed by atoms with Crippen molar-refractivity contribution in [3.63, 3.8) is 0 Å². The van der Waals surface area contributed by atoms with Gasteiger partial charge in [0.25, 0.3) is 0 Å². The van der Waals surface area contributed by atoms with E-state index in [2.05, 4.69) is 17.6 Å². The maximum Gasteiger partial charge on any atom is 0.318 e. The highest BCUT2D eigenvalue weighted by Crippen LogP contribution is 2.25. The number of likely N-dealkylation sites (tertiary alicyclic amines) is 2. The summed E-state index contributed by atoms with van der Waals surface area (Å²) in [6, 6.07) is 6.16. The maximum absolute atomic E-state index is 13.5. The van der Waals surface area contributed by atoms with Gasteiger partial charge in [-0.25, -0.2) is 4.79 Å². The number of nitrogens with zero attached hydrogens (tertiary/aromatic N) is 2. The highest BCUT2D eigenvalue weighted by molar-refractivity contribution is 6.30.